The van der Waals surface area contributed by atoms with E-state index >= 15 is 0 Å². The molecule has 0 unspecified atom stereocenters. The van der Waals surface area contributed by atoms with Gasteiger partial charge in [-0.2, -0.15) is 11.8 Å². The second-order valence-electron chi connectivity index (χ2n) is 2.26. The summed E-state index contributed by atoms with van der Waals surface area (Å²) in [6, 6.07) is 0.894. The summed E-state index contributed by atoms with van der Waals surface area (Å²) >= 11 is 2.05. The van der Waals surface area contributed by atoms with Crippen molar-refractivity contribution in [3.05, 3.63) is 0 Å². The first-order valence-corrected chi connectivity index (χ1v) is 4.28. The molecule has 8 heavy (non-hydrogen) atoms. The first-order valence-electron chi connectivity index (χ1n) is 3.12. The van der Waals surface area contributed by atoms with Crippen molar-refractivity contribution in [1.29, 1.82) is 0 Å². The number of hydrogen-bond donors (Lipinski definition) is 0. The van der Waals surface area contributed by atoms with Crippen LogP contribution in [0.3, 0.4) is 0 Å². The van der Waals surface area contributed by atoms with Gasteiger partial charge >= 0.3 is 0 Å². The molecule has 0 aromatic carbocycles. The van der Waals surface area contributed by atoms with Crippen molar-refractivity contribution in [2.24, 2.45) is 0 Å². The first kappa shape index (κ1) is 6.43. The molecule has 1 heterocycles. The third-order valence-corrected chi connectivity index (χ3v) is 2.98. The molecule has 0 saturated carbocycles. The van der Waals surface area contributed by atoms with Crippen molar-refractivity contribution >= 4 is 11.8 Å². The molecule has 0 aromatic rings. The molecule has 0 aromatic heterocycles. The summed E-state index contributed by atoms with van der Waals surface area (Å²) in [7, 11) is 2.20. The lowest BCUT2D eigenvalue weighted by Crippen LogP contribution is -2.41. The fourth-order valence-electron chi connectivity index (χ4n) is 0.736. The van der Waals surface area contributed by atoms with E-state index in [0.29, 0.717) is 0 Å². The molecule has 1 aliphatic rings. The molecule has 1 saturated heterocycles. The second kappa shape index (κ2) is 2.74. The van der Waals surface area contributed by atoms with Gasteiger partial charge in [0.15, 0.2) is 0 Å². The first-order chi connectivity index (χ1) is 3.84. The van der Waals surface area contributed by atoms with Crippen molar-refractivity contribution in [3.8, 4) is 0 Å². The topological polar surface area (TPSA) is 3.24 Å². The van der Waals surface area contributed by atoms with Crippen LogP contribution in [0, 0.1) is 0 Å². The Bertz CT molecular complexity index is 68.2. The molecule has 0 radical (unpaired) electrons. The van der Waals surface area contributed by atoms with Crippen molar-refractivity contribution in [2.45, 2.75) is 13.0 Å². The molecule has 0 atom stereocenters. The molecular weight excluding hydrogens is 118 g/mol. The quantitative estimate of drug-likeness (QED) is 0.551. The number of nitrogens with zero attached hydrogens (tertiary/aromatic N) is 1. The van der Waals surface area contributed by atoms with Gasteiger partial charge in [-0.15, -0.1) is 0 Å². The van der Waals surface area contributed by atoms with E-state index in [9.17, 15) is 0 Å². The van der Waals surface area contributed by atoms with Gasteiger partial charge in [-0.1, -0.05) is 6.92 Å². The van der Waals surface area contributed by atoms with E-state index in [4.69, 9.17) is 0 Å². The molecule has 0 N–H and O–H groups in total. The molecule has 0 amide bonds. The van der Waals surface area contributed by atoms with Crippen LogP contribution < -0.4 is 0 Å². The van der Waals surface area contributed by atoms with E-state index in [1.165, 1.54) is 18.1 Å². The highest BCUT2D eigenvalue weighted by Gasteiger charge is 2.20. The number of thioether (sulfide) groups is 1. The lowest BCUT2D eigenvalue weighted by molar-refractivity contribution is 0.287. The third kappa shape index (κ3) is 1.17. The molecule has 0 bridgehead atoms. The Morgan fingerprint density at radius 1 is 1.62 bits per heavy atom. The van der Waals surface area contributed by atoms with Gasteiger partial charge in [0.2, 0.25) is 0 Å². The van der Waals surface area contributed by atoms with Crippen LogP contribution in [0.1, 0.15) is 6.92 Å². The molecule has 1 nitrogen and oxygen atoms in total. The van der Waals surface area contributed by atoms with E-state index in [0.717, 1.165) is 6.04 Å². The smallest absolute Gasteiger partial charge is 0.0273 e. The summed E-state index contributed by atoms with van der Waals surface area (Å²) in [6.07, 6.45) is 0. The highest BCUT2D eigenvalue weighted by molar-refractivity contribution is 8.00. The maximum Gasteiger partial charge on any atom is 0.0273 e. The van der Waals surface area contributed by atoms with E-state index in [1.54, 1.807) is 0 Å². The highest BCUT2D eigenvalue weighted by atomic mass is 32.2. The van der Waals surface area contributed by atoms with Gasteiger partial charge in [0.25, 0.3) is 0 Å². The minimum atomic E-state index is 0.894. The Hall–Kier alpha value is 0.310. The monoisotopic (exact) mass is 131 g/mol. The maximum atomic E-state index is 2.41. The van der Waals surface area contributed by atoms with Crippen molar-refractivity contribution in [2.75, 3.05) is 25.1 Å². The van der Waals surface area contributed by atoms with Crippen molar-refractivity contribution in [3.63, 3.8) is 0 Å². The summed E-state index contributed by atoms with van der Waals surface area (Å²) in [4.78, 5) is 2.41. The Morgan fingerprint density at radius 3 is 2.38 bits per heavy atom. The molecule has 48 valence electrons. The number of hydrogen-bond acceptors (Lipinski definition) is 2. The normalized spacial score (nSPS) is 21.4. The third-order valence-electron chi connectivity index (χ3n) is 1.74. The summed E-state index contributed by atoms with van der Waals surface area (Å²) in [5, 5.41) is 0. The summed E-state index contributed by atoms with van der Waals surface area (Å²) in [6.45, 7) is 3.41. The minimum Gasteiger partial charge on any atom is -0.302 e. The molecule has 1 rings (SSSR count). The van der Waals surface area contributed by atoms with Gasteiger partial charge in [-0.05, 0) is 13.6 Å². The van der Waals surface area contributed by atoms with E-state index in [-0.39, 0.29) is 0 Å². The van der Waals surface area contributed by atoms with Gasteiger partial charge in [0.1, 0.15) is 0 Å². The molecule has 0 aliphatic carbocycles. The molecule has 0 spiro atoms. The lowest BCUT2D eigenvalue weighted by atomic mass is 10.3. The van der Waals surface area contributed by atoms with Crippen molar-refractivity contribution in [1.82, 2.24) is 4.90 Å². The van der Waals surface area contributed by atoms with E-state index in [2.05, 4.69) is 18.9 Å². The summed E-state index contributed by atoms with van der Waals surface area (Å²) in [5.41, 5.74) is 0. The second-order valence-corrected chi connectivity index (χ2v) is 3.34. The number of rotatable bonds is 2. The standard InChI is InChI=1S/C6H13NS/c1-3-7(2)6-4-8-5-6/h6H,3-5H2,1-2H3. The highest BCUT2D eigenvalue weighted by Crippen LogP contribution is 2.21. The average Bonchev–Trinajstić information content (AvgIpc) is 1.62. The molecule has 1 fully saturated rings. The lowest BCUT2D eigenvalue weighted by Gasteiger charge is -2.33. The maximum absolute atomic E-state index is 2.41. The van der Waals surface area contributed by atoms with Crippen LogP contribution in [0.4, 0.5) is 0 Å². The van der Waals surface area contributed by atoms with Gasteiger partial charge in [0, 0.05) is 17.5 Å². The Morgan fingerprint density at radius 2 is 2.25 bits per heavy atom. The Kier molecular flexibility index (Phi) is 2.20. The molecule has 2 heteroatoms. The molecule has 1 aliphatic heterocycles. The van der Waals surface area contributed by atoms with Gasteiger partial charge < -0.3 is 4.90 Å². The zero-order valence-corrected chi connectivity index (χ0v) is 6.37. The van der Waals surface area contributed by atoms with E-state index < -0.39 is 0 Å². The molecular formula is C6H13NS. The summed E-state index contributed by atoms with van der Waals surface area (Å²) in [5.74, 6) is 2.70. The van der Waals surface area contributed by atoms with Crippen LogP contribution in [-0.2, 0) is 0 Å². The summed E-state index contributed by atoms with van der Waals surface area (Å²) < 4.78 is 0. The van der Waals surface area contributed by atoms with Gasteiger partial charge in [0.05, 0.1) is 0 Å². The fraction of sp³-hybridized carbons (Fsp3) is 1.00. The Labute approximate surface area is 55.4 Å². The zero-order chi connectivity index (χ0) is 5.98. The average molecular weight is 131 g/mol. The minimum absolute atomic E-state index is 0.894. The van der Waals surface area contributed by atoms with Crippen LogP contribution in [0.15, 0.2) is 0 Å². The fourth-order valence-corrected chi connectivity index (χ4v) is 1.69. The van der Waals surface area contributed by atoms with Crippen LogP contribution in [0.25, 0.3) is 0 Å². The van der Waals surface area contributed by atoms with Gasteiger partial charge in [-0.25, -0.2) is 0 Å². The van der Waals surface area contributed by atoms with Crippen LogP contribution in [0.2, 0.25) is 0 Å². The van der Waals surface area contributed by atoms with Crippen LogP contribution >= 0.6 is 11.8 Å². The van der Waals surface area contributed by atoms with Crippen LogP contribution in [0.5, 0.6) is 0 Å². The SMILES string of the molecule is CCN(C)C1CSC1. The van der Waals surface area contributed by atoms with Gasteiger partial charge in [-0.3, -0.25) is 0 Å². The van der Waals surface area contributed by atoms with Crippen LogP contribution in [-0.4, -0.2) is 36.0 Å². The predicted octanol–water partition coefficient (Wildman–Crippen LogP) is 1.05. The van der Waals surface area contributed by atoms with Crippen molar-refractivity contribution < 1.29 is 0 Å². The van der Waals surface area contributed by atoms with E-state index in [1.807, 2.05) is 11.8 Å². The predicted molar refractivity (Wildman–Crippen MR) is 39.4 cm³/mol. The largest absolute Gasteiger partial charge is 0.302 e. The zero-order valence-electron chi connectivity index (χ0n) is 5.55. The Balaban J connectivity index is 2.13.